The standard InChI is InChI=1S/C21H25ClN2O3/c1-4-23(5-2)12-13-24-18-11-10-15(22)14-17(18)21(26,20(24)25)16-8-6-7-9-19(16)27-3/h6-11,14,26H,4-5,12-13H2,1-3H3. The fraction of sp³-hybridized carbons (Fsp3) is 0.381. The Labute approximate surface area is 165 Å². The minimum Gasteiger partial charge on any atom is -0.496 e. The Bertz CT molecular complexity index is 838. The van der Waals surface area contributed by atoms with Gasteiger partial charge in [0.15, 0.2) is 5.60 Å². The second kappa shape index (κ2) is 7.89. The van der Waals surface area contributed by atoms with E-state index in [0.29, 0.717) is 34.1 Å². The molecule has 0 aliphatic carbocycles. The molecule has 2 aromatic carbocycles. The number of ether oxygens (including phenoxy) is 1. The first-order chi connectivity index (χ1) is 13.0. The number of carbonyl (C=O) groups excluding carboxylic acids is 1. The maximum Gasteiger partial charge on any atom is 0.268 e. The van der Waals surface area contributed by atoms with Crippen molar-refractivity contribution in [3.8, 4) is 5.75 Å². The molecule has 1 atom stereocenters. The molecule has 0 saturated carbocycles. The molecule has 6 heteroatoms. The molecular weight excluding hydrogens is 364 g/mol. The van der Waals surface area contributed by atoms with E-state index >= 15 is 0 Å². The van der Waals surface area contributed by atoms with Gasteiger partial charge in [-0.2, -0.15) is 0 Å². The van der Waals surface area contributed by atoms with Crippen molar-refractivity contribution in [3.05, 3.63) is 58.6 Å². The number of halogens is 1. The predicted molar refractivity (Wildman–Crippen MR) is 108 cm³/mol. The summed E-state index contributed by atoms with van der Waals surface area (Å²) < 4.78 is 5.41. The number of amides is 1. The molecule has 0 saturated heterocycles. The number of hydrogen-bond donors (Lipinski definition) is 1. The second-order valence-corrected chi connectivity index (χ2v) is 6.99. The fourth-order valence-electron chi connectivity index (χ4n) is 3.66. The maximum absolute atomic E-state index is 13.4. The number of benzene rings is 2. The van der Waals surface area contributed by atoms with Crippen molar-refractivity contribution in [2.45, 2.75) is 19.4 Å². The molecule has 0 bridgehead atoms. The summed E-state index contributed by atoms with van der Waals surface area (Å²) in [6, 6.07) is 12.3. The highest BCUT2D eigenvalue weighted by Gasteiger charge is 2.52. The Morgan fingerprint density at radius 3 is 2.52 bits per heavy atom. The largest absolute Gasteiger partial charge is 0.496 e. The van der Waals surface area contributed by atoms with Crippen LogP contribution in [0.4, 0.5) is 5.69 Å². The van der Waals surface area contributed by atoms with Crippen molar-refractivity contribution in [3.63, 3.8) is 0 Å². The fourth-order valence-corrected chi connectivity index (χ4v) is 3.83. The molecule has 1 aliphatic rings. The highest BCUT2D eigenvalue weighted by molar-refractivity contribution is 6.31. The first-order valence-corrected chi connectivity index (χ1v) is 9.55. The number of methoxy groups -OCH3 is 1. The predicted octanol–water partition coefficient (Wildman–Crippen LogP) is 3.27. The Hall–Kier alpha value is -2.08. The van der Waals surface area contributed by atoms with Gasteiger partial charge in [-0.25, -0.2) is 0 Å². The number of nitrogens with zero attached hydrogens (tertiary/aromatic N) is 2. The lowest BCUT2D eigenvalue weighted by molar-refractivity contribution is -0.132. The molecule has 0 spiro atoms. The molecule has 1 aliphatic heterocycles. The number of fused-ring (bicyclic) bond motifs is 1. The molecule has 3 rings (SSSR count). The third-order valence-electron chi connectivity index (χ3n) is 5.22. The zero-order chi connectivity index (χ0) is 19.6. The van der Waals surface area contributed by atoms with Crippen LogP contribution >= 0.6 is 11.6 Å². The van der Waals surface area contributed by atoms with Crippen molar-refractivity contribution in [2.24, 2.45) is 0 Å². The van der Waals surface area contributed by atoms with E-state index < -0.39 is 5.60 Å². The summed E-state index contributed by atoms with van der Waals surface area (Å²) in [7, 11) is 1.53. The van der Waals surface area contributed by atoms with Crippen LogP contribution < -0.4 is 9.64 Å². The summed E-state index contributed by atoms with van der Waals surface area (Å²) in [6.07, 6.45) is 0. The van der Waals surface area contributed by atoms with E-state index in [9.17, 15) is 9.90 Å². The molecule has 0 fully saturated rings. The minimum atomic E-state index is -1.82. The van der Waals surface area contributed by atoms with Gasteiger partial charge in [-0.3, -0.25) is 4.79 Å². The zero-order valence-electron chi connectivity index (χ0n) is 15.9. The lowest BCUT2D eigenvalue weighted by Gasteiger charge is -2.26. The summed E-state index contributed by atoms with van der Waals surface area (Å²) in [5, 5.41) is 12.1. The minimum absolute atomic E-state index is 0.378. The third-order valence-corrected chi connectivity index (χ3v) is 5.46. The van der Waals surface area contributed by atoms with Crippen LogP contribution in [0.2, 0.25) is 5.02 Å². The molecule has 27 heavy (non-hydrogen) atoms. The van der Waals surface area contributed by atoms with Crippen molar-refractivity contribution < 1.29 is 14.6 Å². The monoisotopic (exact) mass is 388 g/mol. The van der Waals surface area contributed by atoms with Crippen LogP contribution in [0.3, 0.4) is 0 Å². The van der Waals surface area contributed by atoms with Crippen molar-refractivity contribution >= 4 is 23.2 Å². The van der Waals surface area contributed by atoms with E-state index in [4.69, 9.17) is 16.3 Å². The van der Waals surface area contributed by atoms with Crippen LogP contribution in [0.15, 0.2) is 42.5 Å². The van der Waals surface area contributed by atoms with Crippen LogP contribution in [-0.4, -0.2) is 49.2 Å². The first-order valence-electron chi connectivity index (χ1n) is 9.17. The van der Waals surface area contributed by atoms with Gasteiger partial charge in [-0.1, -0.05) is 43.6 Å². The maximum atomic E-state index is 13.4. The van der Waals surface area contributed by atoms with Gasteiger partial charge in [0.1, 0.15) is 5.75 Å². The quantitative estimate of drug-likeness (QED) is 0.790. The van der Waals surface area contributed by atoms with Gasteiger partial charge in [-0.15, -0.1) is 0 Å². The third kappa shape index (κ3) is 3.31. The zero-order valence-corrected chi connectivity index (χ0v) is 16.7. The molecule has 144 valence electrons. The number of hydrogen-bond acceptors (Lipinski definition) is 4. The Balaban J connectivity index is 2.08. The van der Waals surface area contributed by atoms with Gasteiger partial charge in [-0.05, 0) is 37.4 Å². The molecule has 1 unspecified atom stereocenters. The molecule has 0 aromatic heterocycles. The average molecular weight is 389 g/mol. The molecule has 1 amide bonds. The first kappa shape index (κ1) is 19.7. The second-order valence-electron chi connectivity index (χ2n) is 6.56. The van der Waals surface area contributed by atoms with Crippen molar-refractivity contribution in [2.75, 3.05) is 38.2 Å². The van der Waals surface area contributed by atoms with Gasteiger partial charge in [0.25, 0.3) is 5.91 Å². The number of para-hydroxylation sites is 1. The van der Waals surface area contributed by atoms with Crippen molar-refractivity contribution in [1.82, 2.24) is 4.90 Å². The van der Waals surface area contributed by atoms with Crippen LogP contribution in [0.5, 0.6) is 5.75 Å². The summed E-state index contributed by atoms with van der Waals surface area (Å²) >= 11 is 6.20. The number of likely N-dealkylation sites (N-methyl/N-ethyl adjacent to an activating group) is 1. The topological polar surface area (TPSA) is 53.0 Å². The van der Waals surface area contributed by atoms with Gasteiger partial charge < -0.3 is 19.6 Å². The van der Waals surface area contributed by atoms with E-state index in [0.717, 1.165) is 19.6 Å². The molecule has 0 radical (unpaired) electrons. The molecule has 1 heterocycles. The van der Waals surface area contributed by atoms with Gasteiger partial charge in [0.05, 0.1) is 12.8 Å². The summed E-state index contributed by atoms with van der Waals surface area (Å²) in [5.41, 5.74) is -0.226. The molecule has 2 aromatic rings. The molecule has 1 N–H and O–H groups in total. The summed E-state index contributed by atoms with van der Waals surface area (Å²) in [4.78, 5) is 17.3. The summed E-state index contributed by atoms with van der Waals surface area (Å²) in [6.45, 7) is 7.21. The van der Waals surface area contributed by atoms with Gasteiger partial charge in [0.2, 0.25) is 0 Å². The normalized spacial score (nSPS) is 18.9. The van der Waals surface area contributed by atoms with Crippen LogP contribution in [0, 0.1) is 0 Å². The Morgan fingerprint density at radius 2 is 1.85 bits per heavy atom. The highest BCUT2D eigenvalue weighted by atomic mass is 35.5. The number of carbonyl (C=O) groups is 1. The van der Waals surface area contributed by atoms with E-state index in [1.807, 2.05) is 6.07 Å². The number of anilines is 1. The highest BCUT2D eigenvalue weighted by Crippen LogP contribution is 2.47. The van der Waals surface area contributed by atoms with Crippen LogP contribution in [-0.2, 0) is 10.4 Å². The average Bonchev–Trinajstić information content (AvgIpc) is 2.90. The summed E-state index contributed by atoms with van der Waals surface area (Å²) in [5.74, 6) is 0.0845. The number of aliphatic hydroxyl groups is 1. The Morgan fingerprint density at radius 1 is 1.15 bits per heavy atom. The van der Waals surface area contributed by atoms with Gasteiger partial charge in [0, 0.05) is 29.2 Å². The Kier molecular flexibility index (Phi) is 5.75. The lowest BCUT2D eigenvalue weighted by Crippen LogP contribution is -2.44. The number of rotatable bonds is 7. The lowest BCUT2D eigenvalue weighted by atomic mass is 9.87. The smallest absolute Gasteiger partial charge is 0.268 e. The van der Waals surface area contributed by atoms with E-state index in [2.05, 4.69) is 18.7 Å². The van der Waals surface area contributed by atoms with E-state index in [1.54, 1.807) is 41.3 Å². The van der Waals surface area contributed by atoms with Crippen molar-refractivity contribution in [1.29, 1.82) is 0 Å². The van der Waals surface area contributed by atoms with E-state index in [-0.39, 0.29) is 5.91 Å². The van der Waals surface area contributed by atoms with E-state index in [1.165, 1.54) is 7.11 Å². The molecule has 5 nitrogen and oxygen atoms in total. The van der Waals surface area contributed by atoms with Crippen LogP contribution in [0.25, 0.3) is 0 Å². The van der Waals surface area contributed by atoms with Gasteiger partial charge >= 0.3 is 0 Å². The van der Waals surface area contributed by atoms with Crippen LogP contribution in [0.1, 0.15) is 25.0 Å². The molecular formula is C21H25ClN2O3. The SMILES string of the molecule is CCN(CC)CCN1C(=O)C(O)(c2ccccc2OC)c2cc(Cl)ccc21.